The summed E-state index contributed by atoms with van der Waals surface area (Å²) in [6.45, 7) is 2.16. The zero-order valence-corrected chi connectivity index (χ0v) is 11.9. The number of hydrogen-bond donors (Lipinski definition) is 2. The molecule has 0 aromatic heterocycles. The van der Waals surface area contributed by atoms with Crippen molar-refractivity contribution in [3.8, 4) is 5.75 Å². The van der Waals surface area contributed by atoms with E-state index in [0.29, 0.717) is 23.6 Å². The first kappa shape index (κ1) is 14.4. The molecule has 2 N–H and O–H groups in total. The van der Waals surface area contributed by atoms with E-state index in [0.717, 1.165) is 11.1 Å². The molecule has 0 atom stereocenters. The van der Waals surface area contributed by atoms with Crippen LogP contribution in [0.3, 0.4) is 0 Å². The van der Waals surface area contributed by atoms with Crippen LogP contribution in [0.4, 0.5) is 0 Å². The Hall–Kier alpha value is -2.00. The predicted octanol–water partition coefficient (Wildman–Crippen LogP) is 3.37. The zero-order chi connectivity index (χ0) is 14.5. The van der Waals surface area contributed by atoms with Crippen molar-refractivity contribution in [3.63, 3.8) is 0 Å². The number of halogens is 1. The van der Waals surface area contributed by atoms with Gasteiger partial charge in [-0.1, -0.05) is 36.4 Å². The number of aromatic hydroxyl groups is 1. The number of phenols is 1. The number of carbonyl (C=O) groups excluding carboxylic acids is 1. The maximum Gasteiger partial charge on any atom is 0.255 e. The minimum absolute atomic E-state index is 0.0273. The molecular formula is C16H16ClNO2. The van der Waals surface area contributed by atoms with Crippen LogP contribution in [0.2, 0.25) is 0 Å². The lowest BCUT2D eigenvalue weighted by molar-refractivity contribution is 0.0948. The van der Waals surface area contributed by atoms with Gasteiger partial charge in [0.1, 0.15) is 5.75 Å². The van der Waals surface area contributed by atoms with Crippen molar-refractivity contribution in [1.29, 1.82) is 0 Å². The molecule has 0 radical (unpaired) electrons. The van der Waals surface area contributed by atoms with Gasteiger partial charge in [-0.05, 0) is 29.7 Å². The number of hydrogen-bond acceptors (Lipinski definition) is 2. The average molecular weight is 290 g/mol. The number of benzene rings is 2. The van der Waals surface area contributed by atoms with Gasteiger partial charge < -0.3 is 10.4 Å². The molecule has 20 heavy (non-hydrogen) atoms. The summed E-state index contributed by atoms with van der Waals surface area (Å²) in [6, 6.07) is 12.8. The van der Waals surface area contributed by atoms with Crippen molar-refractivity contribution in [1.82, 2.24) is 5.32 Å². The van der Waals surface area contributed by atoms with E-state index in [4.69, 9.17) is 11.6 Å². The number of para-hydroxylation sites is 1. The van der Waals surface area contributed by atoms with Crippen LogP contribution < -0.4 is 5.32 Å². The Morgan fingerprint density at radius 2 is 1.90 bits per heavy atom. The number of alkyl halides is 1. The first-order valence-electron chi connectivity index (χ1n) is 6.32. The summed E-state index contributed by atoms with van der Waals surface area (Å²) in [5.74, 6) is 0.183. The van der Waals surface area contributed by atoms with E-state index in [1.807, 2.05) is 24.3 Å². The molecule has 0 saturated carbocycles. The van der Waals surface area contributed by atoms with Crippen molar-refractivity contribution in [2.45, 2.75) is 19.3 Å². The van der Waals surface area contributed by atoms with Crippen molar-refractivity contribution in [3.05, 3.63) is 64.7 Å². The summed E-state index contributed by atoms with van der Waals surface area (Å²) < 4.78 is 0. The van der Waals surface area contributed by atoms with Gasteiger partial charge in [-0.3, -0.25) is 4.79 Å². The molecule has 0 unspecified atom stereocenters. The number of rotatable bonds is 4. The monoisotopic (exact) mass is 289 g/mol. The highest BCUT2D eigenvalue weighted by molar-refractivity contribution is 6.17. The van der Waals surface area contributed by atoms with Crippen molar-refractivity contribution < 1.29 is 9.90 Å². The molecule has 1 amide bonds. The molecule has 0 aliphatic carbocycles. The Kier molecular flexibility index (Phi) is 4.64. The number of nitrogens with one attached hydrogen (secondary N) is 1. The van der Waals surface area contributed by atoms with Gasteiger partial charge >= 0.3 is 0 Å². The largest absolute Gasteiger partial charge is 0.507 e. The highest BCUT2D eigenvalue weighted by atomic mass is 35.5. The van der Waals surface area contributed by atoms with Gasteiger partial charge in [0.2, 0.25) is 0 Å². The third-order valence-electron chi connectivity index (χ3n) is 3.08. The second-order valence-corrected chi connectivity index (χ2v) is 4.87. The van der Waals surface area contributed by atoms with Crippen LogP contribution >= 0.6 is 11.6 Å². The van der Waals surface area contributed by atoms with Crippen LogP contribution in [-0.4, -0.2) is 11.0 Å². The number of aryl methyl sites for hydroxylation is 1. The van der Waals surface area contributed by atoms with Crippen molar-refractivity contribution >= 4 is 17.5 Å². The lowest BCUT2D eigenvalue weighted by Gasteiger charge is -2.09. The molecule has 0 aliphatic heterocycles. The molecule has 0 aliphatic rings. The van der Waals surface area contributed by atoms with Crippen LogP contribution in [-0.2, 0) is 12.4 Å². The van der Waals surface area contributed by atoms with Gasteiger partial charge in [0.15, 0.2) is 0 Å². The van der Waals surface area contributed by atoms with Crippen LogP contribution in [0.25, 0.3) is 0 Å². The first-order valence-corrected chi connectivity index (χ1v) is 6.86. The van der Waals surface area contributed by atoms with E-state index in [1.54, 1.807) is 25.1 Å². The third-order valence-corrected chi connectivity index (χ3v) is 3.39. The fourth-order valence-corrected chi connectivity index (χ4v) is 2.11. The lowest BCUT2D eigenvalue weighted by atomic mass is 10.1. The summed E-state index contributed by atoms with van der Waals surface area (Å²) in [7, 11) is 0. The van der Waals surface area contributed by atoms with E-state index in [9.17, 15) is 9.90 Å². The summed E-state index contributed by atoms with van der Waals surface area (Å²) >= 11 is 5.78. The Morgan fingerprint density at radius 3 is 2.65 bits per heavy atom. The molecule has 0 bridgehead atoms. The molecular weight excluding hydrogens is 274 g/mol. The topological polar surface area (TPSA) is 49.3 Å². The first-order chi connectivity index (χ1) is 9.61. The molecule has 2 aromatic rings. The molecule has 3 nitrogen and oxygen atoms in total. The smallest absolute Gasteiger partial charge is 0.255 e. The molecule has 0 heterocycles. The Morgan fingerprint density at radius 1 is 1.20 bits per heavy atom. The molecule has 2 aromatic carbocycles. The standard InChI is InChI=1S/C16H16ClNO2/c1-11-4-2-7-14(15(11)19)16(20)18-10-13-6-3-5-12(8-13)9-17/h2-8,19H,9-10H2,1H3,(H,18,20). The Bertz CT molecular complexity index is 626. The van der Waals surface area contributed by atoms with Crippen LogP contribution in [0.5, 0.6) is 5.75 Å². The number of carbonyl (C=O) groups is 1. The fraction of sp³-hybridized carbons (Fsp3) is 0.188. The van der Waals surface area contributed by atoms with Crippen molar-refractivity contribution in [2.24, 2.45) is 0 Å². The summed E-state index contributed by atoms with van der Waals surface area (Å²) in [5, 5.41) is 12.7. The highest BCUT2D eigenvalue weighted by Gasteiger charge is 2.11. The predicted molar refractivity (Wildman–Crippen MR) is 80.0 cm³/mol. The average Bonchev–Trinajstić information content (AvgIpc) is 2.48. The second kappa shape index (κ2) is 6.44. The summed E-state index contributed by atoms with van der Waals surface area (Å²) in [6.07, 6.45) is 0. The maximum atomic E-state index is 12.0. The lowest BCUT2D eigenvalue weighted by Crippen LogP contribution is -2.23. The molecule has 2 rings (SSSR count). The van der Waals surface area contributed by atoms with E-state index in [-0.39, 0.29) is 11.7 Å². The molecule has 0 spiro atoms. The van der Waals surface area contributed by atoms with E-state index in [2.05, 4.69) is 5.32 Å². The van der Waals surface area contributed by atoms with Gasteiger partial charge in [-0.15, -0.1) is 11.6 Å². The van der Waals surface area contributed by atoms with Crippen LogP contribution in [0.1, 0.15) is 27.0 Å². The normalized spacial score (nSPS) is 10.3. The number of phenolic OH excluding ortho intramolecular Hbond substituents is 1. The molecule has 4 heteroatoms. The van der Waals surface area contributed by atoms with Gasteiger partial charge in [-0.2, -0.15) is 0 Å². The zero-order valence-electron chi connectivity index (χ0n) is 11.2. The summed E-state index contributed by atoms with van der Waals surface area (Å²) in [5.41, 5.74) is 2.96. The Balaban J connectivity index is 2.06. The van der Waals surface area contributed by atoms with E-state index >= 15 is 0 Å². The minimum Gasteiger partial charge on any atom is -0.507 e. The molecule has 0 saturated heterocycles. The van der Waals surface area contributed by atoms with Gasteiger partial charge in [0.05, 0.1) is 5.56 Å². The fourth-order valence-electron chi connectivity index (χ4n) is 1.94. The van der Waals surface area contributed by atoms with Crippen LogP contribution in [0, 0.1) is 6.92 Å². The van der Waals surface area contributed by atoms with Gasteiger partial charge in [0, 0.05) is 12.4 Å². The SMILES string of the molecule is Cc1cccc(C(=O)NCc2cccc(CCl)c2)c1O. The molecule has 0 fully saturated rings. The van der Waals surface area contributed by atoms with Gasteiger partial charge in [-0.25, -0.2) is 0 Å². The second-order valence-electron chi connectivity index (χ2n) is 4.61. The minimum atomic E-state index is -0.289. The van der Waals surface area contributed by atoms with E-state index < -0.39 is 0 Å². The highest BCUT2D eigenvalue weighted by Crippen LogP contribution is 2.21. The number of amides is 1. The third kappa shape index (κ3) is 3.31. The molecule has 104 valence electrons. The van der Waals surface area contributed by atoms with Crippen LogP contribution in [0.15, 0.2) is 42.5 Å². The Labute approximate surface area is 123 Å². The maximum absolute atomic E-state index is 12.0. The summed E-state index contributed by atoms with van der Waals surface area (Å²) in [4.78, 5) is 12.0. The van der Waals surface area contributed by atoms with Gasteiger partial charge in [0.25, 0.3) is 5.91 Å². The van der Waals surface area contributed by atoms with Crippen molar-refractivity contribution in [2.75, 3.05) is 0 Å². The van der Waals surface area contributed by atoms with E-state index in [1.165, 1.54) is 0 Å². The quantitative estimate of drug-likeness (QED) is 0.848.